The van der Waals surface area contributed by atoms with Gasteiger partial charge in [0.1, 0.15) is 12.2 Å². The van der Waals surface area contributed by atoms with Crippen LogP contribution in [0, 0.1) is 13.8 Å². The number of ether oxygens (including phenoxy) is 1. The number of thioether (sulfide) groups is 1. The lowest BCUT2D eigenvalue weighted by Gasteiger charge is -2.10. The van der Waals surface area contributed by atoms with Crippen LogP contribution in [0.5, 0.6) is 0 Å². The maximum absolute atomic E-state index is 12.2. The molecule has 0 bridgehead atoms. The molecule has 0 saturated carbocycles. The van der Waals surface area contributed by atoms with Crippen molar-refractivity contribution in [2.24, 2.45) is 0 Å². The van der Waals surface area contributed by atoms with Crippen LogP contribution in [0.2, 0.25) is 0 Å². The summed E-state index contributed by atoms with van der Waals surface area (Å²) in [5.41, 5.74) is 3.18. The summed E-state index contributed by atoms with van der Waals surface area (Å²) in [6, 6.07) is 12.4. The number of hydrogen-bond acceptors (Lipinski definition) is 5. The molecule has 0 spiro atoms. The molecule has 0 unspecified atom stereocenters. The molecule has 0 aliphatic rings. The van der Waals surface area contributed by atoms with E-state index in [0.29, 0.717) is 16.7 Å². The summed E-state index contributed by atoms with van der Waals surface area (Å²) in [4.78, 5) is 25.2. The fourth-order valence-electron chi connectivity index (χ4n) is 2.60. The normalized spacial score (nSPS) is 10.8. The first-order valence-corrected chi connectivity index (χ1v) is 9.06. The highest BCUT2D eigenvalue weighted by Crippen LogP contribution is 2.24. The molecular weight excluding hydrogens is 336 g/mol. The Morgan fingerprint density at radius 1 is 1.12 bits per heavy atom. The SMILES string of the molecule is CSc1ccc(C(=O)OCc2cc(=O)oc3c(C)c(C)ccc23)cc1. The van der Waals surface area contributed by atoms with Crippen molar-refractivity contribution in [1.82, 2.24) is 0 Å². The molecule has 2 aromatic carbocycles. The second-order valence-corrected chi connectivity index (χ2v) is 6.66. The third kappa shape index (κ3) is 3.61. The molecule has 0 N–H and O–H groups in total. The van der Waals surface area contributed by atoms with E-state index in [4.69, 9.17) is 9.15 Å². The molecule has 0 radical (unpaired) electrons. The van der Waals surface area contributed by atoms with Gasteiger partial charge in [-0.15, -0.1) is 11.8 Å². The molecule has 0 fully saturated rings. The van der Waals surface area contributed by atoms with Crippen LogP contribution in [-0.4, -0.2) is 12.2 Å². The Hall–Kier alpha value is -2.53. The molecule has 0 amide bonds. The summed E-state index contributed by atoms with van der Waals surface area (Å²) in [5, 5.41) is 0.785. The topological polar surface area (TPSA) is 56.5 Å². The molecule has 5 heteroatoms. The van der Waals surface area contributed by atoms with E-state index >= 15 is 0 Å². The van der Waals surface area contributed by atoms with Crippen LogP contribution in [0.25, 0.3) is 11.0 Å². The van der Waals surface area contributed by atoms with Gasteiger partial charge in [0.15, 0.2) is 0 Å². The molecule has 3 aromatic rings. The van der Waals surface area contributed by atoms with E-state index in [-0.39, 0.29) is 6.61 Å². The molecule has 3 rings (SSSR count). The Kier molecular flexibility index (Phi) is 4.95. The van der Waals surface area contributed by atoms with E-state index in [1.54, 1.807) is 23.9 Å². The summed E-state index contributed by atoms with van der Waals surface area (Å²) in [6.07, 6.45) is 1.98. The predicted octanol–water partition coefficient (Wildman–Crippen LogP) is 4.49. The number of esters is 1. The average Bonchev–Trinajstić information content (AvgIpc) is 2.63. The lowest BCUT2D eigenvalue weighted by Crippen LogP contribution is -2.08. The standard InChI is InChI=1S/C20H18O4S/c1-12-4-9-17-15(10-18(21)24-19(17)13(12)2)11-23-20(22)14-5-7-16(25-3)8-6-14/h4-10H,11H2,1-3H3. The third-order valence-electron chi connectivity index (χ3n) is 4.20. The van der Waals surface area contributed by atoms with Crippen LogP contribution in [0.4, 0.5) is 0 Å². The lowest BCUT2D eigenvalue weighted by molar-refractivity contribution is 0.0473. The molecule has 128 valence electrons. The van der Waals surface area contributed by atoms with Crippen molar-refractivity contribution in [3.05, 3.63) is 75.1 Å². The van der Waals surface area contributed by atoms with E-state index in [0.717, 1.165) is 21.4 Å². The molecule has 1 heterocycles. The summed E-state index contributed by atoms with van der Waals surface area (Å²) in [6.45, 7) is 3.89. The van der Waals surface area contributed by atoms with Crippen LogP contribution in [0.15, 0.2) is 56.6 Å². The van der Waals surface area contributed by atoms with Crippen molar-refractivity contribution in [2.75, 3.05) is 6.26 Å². The van der Waals surface area contributed by atoms with Crippen molar-refractivity contribution in [1.29, 1.82) is 0 Å². The van der Waals surface area contributed by atoms with Crippen molar-refractivity contribution < 1.29 is 13.9 Å². The zero-order valence-corrected chi connectivity index (χ0v) is 15.1. The summed E-state index contributed by atoms with van der Waals surface area (Å²) < 4.78 is 10.7. The van der Waals surface area contributed by atoms with Crippen LogP contribution in [0.1, 0.15) is 27.0 Å². The zero-order valence-electron chi connectivity index (χ0n) is 14.3. The first kappa shape index (κ1) is 17.3. The van der Waals surface area contributed by atoms with Gasteiger partial charge in [-0.1, -0.05) is 12.1 Å². The molecule has 25 heavy (non-hydrogen) atoms. The fourth-order valence-corrected chi connectivity index (χ4v) is 3.01. The number of benzene rings is 2. The Morgan fingerprint density at radius 2 is 1.84 bits per heavy atom. The minimum atomic E-state index is -0.448. The van der Waals surface area contributed by atoms with Gasteiger partial charge < -0.3 is 9.15 Å². The Balaban J connectivity index is 1.86. The first-order chi connectivity index (χ1) is 12.0. The van der Waals surface area contributed by atoms with Crippen LogP contribution < -0.4 is 5.63 Å². The van der Waals surface area contributed by atoms with E-state index in [9.17, 15) is 9.59 Å². The highest BCUT2D eigenvalue weighted by molar-refractivity contribution is 7.98. The average molecular weight is 354 g/mol. The maximum Gasteiger partial charge on any atom is 0.338 e. The van der Waals surface area contributed by atoms with Gasteiger partial charge in [-0.3, -0.25) is 0 Å². The lowest BCUT2D eigenvalue weighted by atomic mass is 10.0. The van der Waals surface area contributed by atoms with E-state index in [1.807, 2.05) is 44.4 Å². The van der Waals surface area contributed by atoms with Gasteiger partial charge >= 0.3 is 11.6 Å². The molecule has 0 aliphatic carbocycles. The Labute approximate surface area is 149 Å². The van der Waals surface area contributed by atoms with E-state index in [2.05, 4.69) is 0 Å². The van der Waals surface area contributed by atoms with Crippen molar-refractivity contribution in [3.8, 4) is 0 Å². The van der Waals surface area contributed by atoms with Crippen LogP contribution in [0.3, 0.4) is 0 Å². The zero-order chi connectivity index (χ0) is 18.0. The van der Waals surface area contributed by atoms with Crippen molar-refractivity contribution in [2.45, 2.75) is 25.3 Å². The fraction of sp³-hybridized carbons (Fsp3) is 0.200. The molecule has 0 saturated heterocycles. The largest absolute Gasteiger partial charge is 0.457 e. The third-order valence-corrected chi connectivity index (χ3v) is 4.95. The summed E-state index contributed by atoms with van der Waals surface area (Å²) in [5.74, 6) is -0.419. The number of carbonyl (C=O) groups is 1. The Bertz CT molecular complexity index is 987. The van der Waals surface area contributed by atoms with Gasteiger partial charge in [-0.2, -0.15) is 0 Å². The smallest absolute Gasteiger partial charge is 0.338 e. The summed E-state index contributed by atoms with van der Waals surface area (Å²) >= 11 is 1.61. The number of rotatable bonds is 4. The van der Waals surface area contributed by atoms with Gasteiger partial charge in [0.05, 0.1) is 5.56 Å². The molecule has 0 aliphatic heterocycles. The highest BCUT2D eigenvalue weighted by Gasteiger charge is 2.12. The monoisotopic (exact) mass is 354 g/mol. The second-order valence-electron chi connectivity index (χ2n) is 5.78. The van der Waals surface area contributed by atoms with Crippen molar-refractivity contribution >= 4 is 28.7 Å². The number of fused-ring (bicyclic) bond motifs is 1. The second kappa shape index (κ2) is 7.15. The molecule has 0 atom stereocenters. The van der Waals surface area contributed by atoms with Crippen LogP contribution >= 0.6 is 11.8 Å². The highest BCUT2D eigenvalue weighted by atomic mass is 32.2. The minimum Gasteiger partial charge on any atom is -0.457 e. The predicted molar refractivity (Wildman–Crippen MR) is 99.3 cm³/mol. The number of aryl methyl sites for hydroxylation is 2. The van der Waals surface area contributed by atoms with Crippen molar-refractivity contribution in [3.63, 3.8) is 0 Å². The number of hydrogen-bond donors (Lipinski definition) is 0. The van der Waals surface area contributed by atoms with Gasteiger partial charge in [-0.25, -0.2) is 9.59 Å². The van der Waals surface area contributed by atoms with Crippen LogP contribution in [-0.2, 0) is 11.3 Å². The molecule has 1 aromatic heterocycles. The van der Waals surface area contributed by atoms with Gasteiger partial charge in [0.25, 0.3) is 0 Å². The quantitative estimate of drug-likeness (QED) is 0.392. The summed E-state index contributed by atoms with van der Waals surface area (Å²) in [7, 11) is 0. The first-order valence-electron chi connectivity index (χ1n) is 7.83. The van der Waals surface area contributed by atoms with Gasteiger partial charge in [0, 0.05) is 21.9 Å². The van der Waals surface area contributed by atoms with Gasteiger partial charge in [-0.05, 0) is 55.5 Å². The van der Waals surface area contributed by atoms with E-state index in [1.165, 1.54) is 6.07 Å². The molecule has 4 nitrogen and oxygen atoms in total. The van der Waals surface area contributed by atoms with E-state index < -0.39 is 11.6 Å². The Morgan fingerprint density at radius 3 is 2.52 bits per heavy atom. The molecular formula is C20H18O4S. The van der Waals surface area contributed by atoms with Gasteiger partial charge in [0.2, 0.25) is 0 Å². The number of carbonyl (C=O) groups excluding carboxylic acids is 1. The minimum absolute atomic E-state index is 0.0215. The maximum atomic E-state index is 12.2.